The van der Waals surface area contributed by atoms with Crippen LogP contribution in [0.15, 0.2) is 57.1 Å². The van der Waals surface area contributed by atoms with Crippen LogP contribution in [0.2, 0.25) is 0 Å². The van der Waals surface area contributed by atoms with Gasteiger partial charge < -0.3 is 14.5 Å². The Hall–Kier alpha value is -3.40. The zero-order valence-corrected chi connectivity index (χ0v) is 18.3. The molecule has 0 aliphatic carbocycles. The molecule has 0 fully saturated rings. The van der Waals surface area contributed by atoms with Gasteiger partial charge in [0.05, 0.1) is 30.9 Å². The van der Waals surface area contributed by atoms with Crippen molar-refractivity contribution in [3.63, 3.8) is 0 Å². The average molecular weight is 455 g/mol. The number of furan rings is 1. The number of rotatable bonds is 8. The lowest BCUT2D eigenvalue weighted by atomic mass is 10.1. The van der Waals surface area contributed by atoms with Crippen molar-refractivity contribution in [2.45, 2.75) is 32.4 Å². The first-order valence-corrected chi connectivity index (χ1v) is 11.2. The summed E-state index contributed by atoms with van der Waals surface area (Å²) >= 11 is 1.19. The molecule has 2 amide bonds. The van der Waals surface area contributed by atoms with E-state index < -0.39 is 6.04 Å². The Kier molecular flexibility index (Phi) is 6.69. The van der Waals surface area contributed by atoms with Crippen molar-refractivity contribution in [2.24, 2.45) is 9.98 Å². The second-order valence-corrected chi connectivity index (χ2v) is 8.00. The van der Waals surface area contributed by atoms with Gasteiger partial charge in [0.2, 0.25) is 5.91 Å². The monoisotopic (exact) mass is 454 g/mol. The van der Waals surface area contributed by atoms with Crippen molar-refractivity contribution in [3.05, 3.63) is 54.0 Å². The first-order valence-electron chi connectivity index (χ1n) is 10.2. The molecule has 0 saturated heterocycles. The topological polar surface area (TPSA) is 114 Å². The number of para-hydroxylation sites is 1. The summed E-state index contributed by atoms with van der Waals surface area (Å²) in [6.45, 7) is 2.32. The van der Waals surface area contributed by atoms with Crippen LogP contribution in [-0.4, -0.2) is 52.1 Å². The van der Waals surface area contributed by atoms with Crippen LogP contribution in [0.1, 0.15) is 31.1 Å². The molecule has 1 aromatic heterocycles. The number of nitrogens with one attached hydrogen (secondary N) is 1. The summed E-state index contributed by atoms with van der Waals surface area (Å²) in [6.07, 6.45) is 1.94. The van der Waals surface area contributed by atoms with E-state index in [4.69, 9.17) is 9.15 Å². The first-order chi connectivity index (χ1) is 15.6. The van der Waals surface area contributed by atoms with Gasteiger partial charge in [-0.1, -0.05) is 23.9 Å². The number of ether oxygens (including phenoxy) is 1. The number of carbonyl (C=O) groups excluding carboxylic acids is 3. The average Bonchev–Trinajstić information content (AvgIpc) is 3.42. The molecule has 0 radical (unpaired) electrons. The van der Waals surface area contributed by atoms with Crippen LogP contribution < -0.4 is 5.32 Å². The van der Waals surface area contributed by atoms with Crippen molar-refractivity contribution in [1.82, 2.24) is 10.2 Å². The number of benzene rings is 1. The van der Waals surface area contributed by atoms with Gasteiger partial charge >= 0.3 is 5.97 Å². The maximum Gasteiger partial charge on any atom is 0.316 e. The Balaban J connectivity index is 1.47. The second-order valence-electron chi connectivity index (χ2n) is 7.06. The van der Waals surface area contributed by atoms with Gasteiger partial charge in [0.15, 0.2) is 5.17 Å². The van der Waals surface area contributed by atoms with Crippen LogP contribution in [0.3, 0.4) is 0 Å². The molecule has 166 valence electrons. The minimum Gasteiger partial charge on any atom is -0.467 e. The quantitative estimate of drug-likeness (QED) is 0.610. The third-order valence-corrected chi connectivity index (χ3v) is 5.84. The summed E-state index contributed by atoms with van der Waals surface area (Å²) in [6, 6.07) is 10.2. The molecule has 2 aromatic rings. The first kappa shape index (κ1) is 21.8. The lowest BCUT2D eigenvalue weighted by Crippen LogP contribution is -2.44. The zero-order valence-electron chi connectivity index (χ0n) is 17.4. The smallest absolute Gasteiger partial charge is 0.316 e. The molecule has 1 aromatic carbocycles. The lowest BCUT2D eigenvalue weighted by Gasteiger charge is -2.30. The largest absolute Gasteiger partial charge is 0.467 e. The summed E-state index contributed by atoms with van der Waals surface area (Å²) in [5.41, 5.74) is 1.42. The molecule has 1 atom stereocenters. The normalized spacial score (nSPS) is 16.7. The summed E-state index contributed by atoms with van der Waals surface area (Å²) in [4.78, 5) is 47.6. The van der Waals surface area contributed by atoms with E-state index in [0.717, 1.165) is 5.56 Å². The van der Waals surface area contributed by atoms with E-state index in [0.29, 0.717) is 29.1 Å². The van der Waals surface area contributed by atoms with Crippen LogP contribution in [0.5, 0.6) is 0 Å². The summed E-state index contributed by atoms with van der Waals surface area (Å²) in [5, 5.41) is 3.27. The van der Waals surface area contributed by atoms with Crippen molar-refractivity contribution >= 4 is 46.2 Å². The van der Waals surface area contributed by atoms with Gasteiger partial charge in [0.25, 0.3) is 5.91 Å². The number of thioether (sulfide) groups is 1. The van der Waals surface area contributed by atoms with E-state index >= 15 is 0 Å². The maximum absolute atomic E-state index is 12.8. The van der Waals surface area contributed by atoms with Crippen molar-refractivity contribution in [2.75, 3.05) is 12.4 Å². The summed E-state index contributed by atoms with van der Waals surface area (Å²) in [7, 11) is 0. The fourth-order valence-electron chi connectivity index (χ4n) is 3.46. The maximum atomic E-state index is 12.8. The van der Waals surface area contributed by atoms with E-state index in [9.17, 15) is 14.4 Å². The predicted octanol–water partition coefficient (Wildman–Crippen LogP) is 2.63. The number of fused-ring (bicyclic) bond motifs is 3. The molecule has 3 heterocycles. The molecular weight excluding hydrogens is 432 g/mol. The van der Waals surface area contributed by atoms with E-state index in [1.54, 1.807) is 30.2 Å². The minimum absolute atomic E-state index is 0.0587. The van der Waals surface area contributed by atoms with E-state index in [2.05, 4.69) is 15.3 Å². The van der Waals surface area contributed by atoms with Gasteiger partial charge in [-0.2, -0.15) is 4.99 Å². The number of hydrogen-bond donors (Lipinski definition) is 1. The fourth-order valence-corrected chi connectivity index (χ4v) is 4.30. The van der Waals surface area contributed by atoms with Crippen LogP contribution in [0.25, 0.3) is 0 Å². The molecule has 0 spiro atoms. The number of amidine groups is 2. The van der Waals surface area contributed by atoms with Gasteiger partial charge in [-0.15, -0.1) is 0 Å². The SMILES string of the molecule is CCOC(=O)CSC1=Nc2ccccc2C2=NC(=O)C(CCC(=O)NCc3ccco3)N12. The van der Waals surface area contributed by atoms with E-state index in [1.165, 1.54) is 11.8 Å². The number of aliphatic imine (C=N–C) groups is 2. The highest BCUT2D eigenvalue weighted by molar-refractivity contribution is 8.14. The number of amides is 2. The highest BCUT2D eigenvalue weighted by Gasteiger charge is 2.41. The molecular formula is C22H22N4O5S. The van der Waals surface area contributed by atoms with Crippen molar-refractivity contribution < 1.29 is 23.5 Å². The van der Waals surface area contributed by atoms with Gasteiger partial charge in [0, 0.05) is 12.0 Å². The van der Waals surface area contributed by atoms with Gasteiger partial charge in [-0.25, -0.2) is 4.99 Å². The molecule has 4 rings (SSSR count). The third-order valence-electron chi connectivity index (χ3n) is 4.92. The molecule has 1 N–H and O–H groups in total. The molecule has 10 heteroatoms. The standard InChI is InChI=1S/C22H22N4O5S/c1-2-30-19(28)13-32-22-24-16-8-4-3-7-15(16)20-25-21(29)17(26(20)22)9-10-18(27)23-12-14-6-5-11-31-14/h3-8,11,17H,2,9-10,12-13H2,1H3,(H,23,27). The molecule has 1 unspecified atom stereocenters. The van der Waals surface area contributed by atoms with Crippen LogP contribution in [0, 0.1) is 0 Å². The number of hydrogen-bond acceptors (Lipinski definition) is 8. The Labute approximate surface area is 188 Å². The molecule has 0 bridgehead atoms. The van der Waals surface area contributed by atoms with Gasteiger partial charge in [-0.3, -0.25) is 19.3 Å². The zero-order chi connectivity index (χ0) is 22.5. The summed E-state index contributed by atoms with van der Waals surface area (Å²) < 4.78 is 10.2. The van der Waals surface area contributed by atoms with Crippen LogP contribution >= 0.6 is 11.8 Å². The van der Waals surface area contributed by atoms with Crippen molar-refractivity contribution in [1.29, 1.82) is 0 Å². The minimum atomic E-state index is -0.666. The summed E-state index contributed by atoms with van der Waals surface area (Å²) in [5.74, 6) is 0.310. The molecule has 2 aliphatic heterocycles. The van der Waals surface area contributed by atoms with Gasteiger partial charge in [0.1, 0.15) is 17.6 Å². The lowest BCUT2D eigenvalue weighted by molar-refractivity contribution is -0.139. The Bertz CT molecular complexity index is 1080. The molecule has 9 nitrogen and oxygen atoms in total. The Morgan fingerprint density at radius 2 is 2.06 bits per heavy atom. The highest BCUT2D eigenvalue weighted by atomic mass is 32.2. The molecule has 32 heavy (non-hydrogen) atoms. The number of nitrogens with zero attached hydrogens (tertiary/aromatic N) is 3. The molecule has 2 aliphatic rings. The van der Waals surface area contributed by atoms with Crippen LogP contribution in [0.4, 0.5) is 5.69 Å². The predicted molar refractivity (Wildman–Crippen MR) is 120 cm³/mol. The second kappa shape index (κ2) is 9.82. The molecule has 0 saturated carbocycles. The Morgan fingerprint density at radius 1 is 1.22 bits per heavy atom. The highest BCUT2D eigenvalue weighted by Crippen LogP contribution is 2.35. The fraction of sp³-hybridized carbons (Fsp3) is 0.318. The third kappa shape index (κ3) is 4.75. The number of carbonyl (C=O) groups is 3. The number of esters is 1. The van der Waals surface area contributed by atoms with Crippen LogP contribution in [-0.2, 0) is 25.7 Å². The van der Waals surface area contributed by atoms with Gasteiger partial charge in [-0.05, 0) is 37.6 Å². The Morgan fingerprint density at radius 3 is 2.84 bits per heavy atom. The van der Waals surface area contributed by atoms with E-state index in [1.807, 2.05) is 24.3 Å². The van der Waals surface area contributed by atoms with E-state index in [-0.39, 0.29) is 42.9 Å². The van der Waals surface area contributed by atoms with Crippen molar-refractivity contribution in [3.8, 4) is 0 Å².